The number of carbonyl (C=O) groups is 4. The van der Waals surface area contributed by atoms with Crippen LogP contribution in [-0.4, -0.2) is 80.9 Å². The number of hydrogen-bond donors (Lipinski definition) is 2. The summed E-state index contributed by atoms with van der Waals surface area (Å²) >= 11 is 0. The van der Waals surface area contributed by atoms with E-state index in [4.69, 9.17) is 4.74 Å². The van der Waals surface area contributed by atoms with Gasteiger partial charge in [0.1, 0.15) is 11.4 Å². The maximum Gasteiger partial charge on any atom is 0.410 e. The van der Waals surface area contributed by atoms with Crippen LogP contribution in [0.3, 0.4) is 0 Å². The molecule has 40 heavy (non-hydrogen) atoms. The fraction of sp³-hybridized carbons (Fsp3) is 0.517. The lowest BCUT2D eigenvalue weighted by molar-refractivity contribution is -0.137. The van der Waals surface area contributed by atoms with Gasteiger partial charge in [-0.3, -0.25) is 29.6 Å². The molecule has 2 aromatic heterocycles. The summed E-state index contributed by atoms with van der Waals surface area (Å²) in [4.78, 5) is 61.0. The van der Waals surface area contributed by atoms with E-state index in [1.807, 2.05) is 57.7 Å². The van der Waals surface area contributed by atoms with Gasteiger partial charge in [0.05, 0.1) is 12.0 Å². The Morgan fingerprint density at radius 2 is 1.75 bits per heavy atom. The van der Waals surface area contributed by atoms with Crippen LogP contribution in [0.25, 0.3) is 0 Å². The molecule has 1 unspecified atom stereocenters. The molecule has 2 saturated heterocycles. The normalized spacial score (nSPS) is 23.4. The number of piperazine rings is 1. The number of pyridine rings is 2. The fourth-order valence-electron chi connectivity index (χ4n) is 4.73. The van der Waals surface area contributed by atoms with Gasteiger partial charge in [-0.15, -0.1) is 0 Å². The van der Waals surface area contributed by atoms with E-state index in [9.17, 15) is 19.2 Å². The molecule has 4 rings (SSSR count). The van der Waals surface area contributed by atoms with Crippen LogP contribution in [-0.2, 0) is 24.5 Å². The highest BCUT2D eigenvalue weighted by Gasteiger charge is 2.40. The molecule has 11 nitrogen and oxygen atoms in total. The zero-order chi connectivity index (χ0) is 29.5. The Labute approximate surface area is 235 Å². The van der Waals surface area contributed by atoms with Crippen LogP contribution in [0.5, 0.6) is 0 Å². The smallest absolute Gasteiger partial charge is 0.410 e. The Morgan fingerprint density at radius 1 is 1.10 bits per heavy atom. The fourth-order valence-corrected chi connectivity index (χ4v) is 4.73. The van der Waals surface area contributed by atoms with E-state index in [-0.39, 0.29) is 48.9 Å². The Bertz CT molecular complexity index is 1160. The van der Waals surface area contributed by atoms with E-state index < -0.39 is 11.0 Å². The van der Waals surface area contributed by atoms with Gasteiger partial charge in [0.2, 0.25) is 17.7 Å². The highest BCUT2D eigenvalue weighted by atomic mass is 16.6. The number of piperidine rings is 1. The number of carbonyl (C=O) groups excluding carboxylic acids is 4. The minimum absolute atomic E-state index is 0.0382. The van der Waals surface area contributed by atoms with Gasteiger partial charge in [-0.1, -0.05) is 6.07 Å². The number of hydrogen-bond acceptors (Lipinski definition) is 8. The minimum atomic E-state index is -0.864. The highest BCUT2D eigenvalue weighted by Crippen LogP contribution is 2.32. The van der Waals surface area contributed by atoms with Gasteiger partial charge in [-0.2, -0.15) is 0 Å². The standard InChI is InChI=1S/C24H35N5O5.C5H5N/c1-15-12-28(22(33)34-23(3,4)5)13-16(2)29(15)14-20(31)26-18-11-17(8-10-25-18)24(6)9-7-19(30)27-21(24)32;1-2-4-6-5-3-1/h8,10-11,15-16H,7,9,12-14H2,1-6H3,(H,25,26,31)(H,27,30,32);1-5H/t15-,16+,24?;. The molecule has 0 aliphatic carbocycles. The number of nitrogens with one attached hydrogen (secondary N) is 2. The second kappa shape index (κ2) is 13.0. The third-order valence-corrected chi connectivity index (χ3v) is 6.92. The lowest BCUT2D eigenvalue weighted by Crippen LogP contribution is -2.59. The van der Waals surface area contributed by atoms with Gasteiger partial charge in [0.25, 0.3) is 0 Å². The van der Waals surface area contributed by atoms with Crippen molar-refractivity contribution >= 4 is 29.6 Å². The average Bonchev–Trinajstić information content (AvgIpc) is 2.89. The molecule has 2 aliphatic heterocycles. The van der Waals surface area contributed by atoms with Crippen molar-refractivity contribution in [3.8, 4) is 0 Å². The zero-order valence-corrected chi connectivity index (χ0v) is 24.1. The first-order valence-electron chi connectivity index (χ1n) is 13.5. The lowest BCUT2D eigenvalue weighted by Gasteiger charge is -2.44. The summed E-state index contributed by atoms with van der Waals surface area (Å²) in [6.45, 7) is 12.3. The monoisotopic (exact) mass is 552 g/mol. The van der Waals surface area contributed by atoms with Crippen LogP contribution in [0.1, 0.15) is 59.9 Å². The number of amides is 4. The van der Waals surface area contributed by atoms with E-state index in [0.29, 0.717) is 30.9 Å². The number of imide groups is 1. The second-order valence-electron chi connectivity index (χ2n) is 11.5. The summed E-state index contributed by atoms with van der Waals surface area (Å²) in [5.74, 6) is -0.513. The van der Waals surface area contributed by atoms with Gasteiger partial charge in [-0.05, 0) is 77.8 Å². The molecule has 2 aromatic rings. The predicted octanol–water partition coefficient (Wildman–Crippen LogP) is 3.13. The molecule has 0 spiro atoms. The van der Waals surface area contributed by atoms with Crippen molar-refractivity contribution in [3.05, 3.63) is 54.5 Å². The van der Waals surface area contributed by atoms with Gasteiger partial charge in [0, 0.05) is 50.2 Å². The highest BCUT2D eigenvalue weighted by molar-refractivity contribution is 6.03. The SMILES string of the molecule is C[C@@H]1CN(C(=O)OC(C)(C)C)C[C@H](C)N1CC(=O)Nc1cc(C2(C)CCC(=O)NC2=O)ccn1.c1ccncc1. The van der Waals surface area contributed by atoms with E-state index in [2.05, 4.69) is 20.6 Å². The van der Waals surface area contributed by atoms with Gasteiger partial charge in [0.15, 0.2) is 0 Å². The topological polar surface area (TPSA) is 134 Å². The minimum Gasteiger partial charge on any atom is -0.444 e. The number of aromatic nitrogens is 2. The molecule has 0 aromatic carbocycles. The summed E-state index contributed by atoms with van der Waals surface area (Å²) in [5, 5.41) is 5.21. The number of anilines is 1. The third-order valence-electron chi connectivity index (χ3n) is 6.92. The molecule has 11 heteroatoms. The van der Waals surface area contributed by atoms with E-state index in [1.165, 1.54) is 0 Å². The predicted molar refractivity (Wildman–Crippen MR) is 150 cm³/mol. The summed E-state index contributed by atoms with van der Waals surface area (Å²) in [6, 6.07) is 9.05. The molecule has 2 aliphatic rings. The van der Waals surface area contributed by atoms with Gasteiger partial charge < -0.3 is 15.0 Å². The first-order chi connectivity index (χ1) is 18.8. The maximum absolute atomic E-state index is 12.8. The molecule has 216 valence electrons. The van der Waals surface area contributed by atoms with Crippen molar-refractivity contribution in [2.24, 2.45) is 0 Å². The molecular formula is C29H40N6O5. The van der Waals surface area contributed by atoms with Crippen LogP contribution < -0.4 is 10.6 Å². The van der Waals surface area contributed by atoms with Gasteiger partial charge >= 0.3 is 6.09 Å². The van der Waals surface area contributed by atoms with Crippen molar-refractivity contribution < 1.29 is 23.9 Å². The summed E-state index contributed by atoms with van der Waals surface area (Å²) in [5.41, 5.74) is -0.736. The molecule has 0 radical (unpaired) electrons. The molecule has 2 fully saturated rings. The first-order valence-corrected chi connectivity index (χ1v) is 13.5. The van der Waals surface area contributed by atoms with Crippen LogP contribution >= 0.6 is 0 Å². The molecule has 2 N–H and O–H groups in total. The van der Waals surface area contributed by atoms with Crippen molar-refractivity contribution in [3.63, 3.8) is 0 Å². The van der Waals surface area contributed by atoms with Crippen molar-refractivity contribution in [1.29, 1.82) is 0 Å². The largest absolute Gasteiger partial charge is 0.444 e. The van der Waals surface area contributed by atoms with Crippen LogP contribution in [0.4, 0.5) is 10.6 Å². The Morgan fingerprint density at radius 3 is 2.27 bits per heavy atom. The molecule has 3 atom stereocenters. The molecule has 4 heterocycles. The summed E-state index contributed by atoms with van der Waals surface area (Å²) in [6.07, 6.45) is 5.35. The van der Waals surface area contributed by atoms with Crippen LogP contribution in [0.15, 0.2) is 48.9 Å². The zero-order valence-electron chi connectivity index (χ0n) is 24.1. The van der Waals surface area contributed by atoms with E-state index >= 15 is 0 Å². The number of ether oxygens (including phenoxy) is 1. The summed E-state index contributed by atoms with van der Waals surface area (Å²) < 4.78 is 5.49. The molecular weight excluding hydrogens is 512 g/mol. The molecule has 4 amide bonds. The number of nitrogens with zero attached hydrogens (tertiary/aromatic N) is 4. The molecule has 0 bridgehead atoms. The number of rotatable bonds is 4. The average molecular weight is 553 g/mol. The first kappa shape index (κ1) is 30.7. The van der Waals surface area contributed by atoms with Crippen molar-refractivity contribution in [2.75, 3.05) is 25.0 Å². The van der Waals surface area contributed by atoms with E-state index in [1.54, 1.807) is 42.5 Å². The Kier molecular flexibility index (Phi) is 9.97. The Hall–Kier alpha value is -3.86. The molecule has 0 saturated carbocycles. The lowest BCUT2D eigenvalue weighted by atomic mass is 9.76. The second-order valence-corrected chi connectivity index (χ2v) is 11.5. The van der Waals surface area contributed by atoms with Crippen LogP contribution in [0, 0.1) is 0 Å². The van der Waals surface area contributed by atoms with Crippen molar-refractivity contribution in [2.45, 2.75) is 77.5 Å². The van der Waals surface area contributed by atoms with Crippen molar-refractivity contribution in [1.82, 2.24) is 25.1 Å². The maximum atomic E-state index is 12.8. The van der Waals surface area contributed by atoms with Gasteiger partial charge in [-0.25, -0.2) is 9.78 Å². The van der Waals surface area contributed by atoms with Crippen LogP contribution in [0.2, 0.25) is 0 Å². The summed E-state index contributed by atoms with van der Waals surface area (Å²) in [7, 11) is 0. The Balaban J connectivity index is 0.000000649. The van der Waals surface area contributed by atoms with E-state index in [0.717, 1.165) is 0 Å². The third kappa shape index (κ3) is 8.32. The quantitative estimate of drug-likeness (QED) is 0.553.